The summed E-state index contributed by atoms with van der Waals surface area (Å²) < 4.78 is 43.6. The predicted octanol–water partition coefficient (Wildman–Crippen LogP) is 3.31. The Balaban J connectivity index is 2.10. The van der Waals surface area contributed by atoms with Crippen molar-refractivity contribution in [3.63, 3.8) is 0 Å². The second-order valence-electron chi connectivity index (χ2n) is 6.74. The summed E-state index contributed by atoms with van der Waals surface area (Å²) in [7, 11) is 1.47. The van der Waals surface area contributed by atoms with Crippen LogP contribution in [0.25, 0.3) is 4.85 Å². The SMILES string of the molecule is [C-]#[N+]CCCc1cc(C2(c3ccc(OC(F)F)cc3)N=C(N)N(C)C2=O)ccc1F. The fourth-order valence-corrected chi connectivity index (χ4v) is 3.40. The van der Waals surface area contributed by atoms with Crippen LogP contribution in [0.1, 0.15) is 23.1 Å². The normalized spacial score (nSPS) is 18.5. The molecule has 0 fully saturated rings. The number of aliphatic imine (C=N–C) groups is 1. The van der Waals surface area contributed by atoms with Crippen LogP contribution in [0.4, 0.5) is 13.2 Å². The summed E-state index contributed by atoms with van der Waals surface area (Å²) in [4.78, 5) is 22.0. The fraction of sp³-hybridized carbons (Fsp3) is 0.286. The standard InChI is InChI=1S/C21H19F3N4O2/c1-26-11-3-4-13-12-15(7-10-17(13)22)21(18(29)28(2)20(25)27-21)14-5-8-16(9-6-14)30-19(23)24/h5-10,12,19H,3-4,11H2,2H3,(H2,25,27). The second kappa shape index (κ2) is 8.45. The van der Waals surface area contributed by atoms with Crippen LogP contribution in [0, 0.1) is 12.4 Å². The summed E-state index contributed by atoms with van der Waals surface area (Å²) in [6.45, 7) is 4.14. The number of carbonyl (C=O) groups is 1. The number of likely N-dealkylation sites (N-methyl/N-ethyl adjacent to an activating group) is 1. The highest BCUT2D eigenvalue weighted by Gasteiger charge is 2.49. The highest BCUT2D eigenvalue weighted by atomic mass is 19.3. The van der Waals surface area contributed by atoms with Crippen LogP contribution in [-0.4, -0.2) is 37.0 Å². The minimum Gasteiger partial charge on any atom is -0.435 e. The zero-order chi connectivity index (χ0) is 21.9. The molecule has 2 aromatic rings. The van der Waals surface area contributed by atoms with E-state index in [9.17, 15) is 18.0 Å². The molecule has 1 aliphatic heterocycles. The molecule has 0 saturated heterocycles. The monoisotopic (exact) mass is 416 g/mol. The van der Waals surface area contributed by atoms with Gasteiger partial charge >= 0.3 is 6.61 Å². The first-order valence-electron chi connectivity index (χ1n) is 9.10. The van der Waals surface area contributed by atoms with Crippen LogP contribution in [0.2, 0.25) is 0 Å². The van der Waals surface area contributed by atoms with Gasteiger partial charge in [-0.3, -0.25) is 9.69 Å². The molecular formula is C21H19F3N4O2. The molecule has 156 valence electrons. The molecule has 2 aromatic carbocycles. The maximum absolute atomic E-state index is 14.3. The largest absolute Gasteiger partial charge is 0.435 e. The first-order valence-corrected chi connectivity index (χ1v) is 9.10. The first-order chi connectivity index (χ1) is 14.3. The van der Waals surface area contributed by atoms with Gasteiger partial charge in [0.05, 0.1) is 0 Å². The van der Waals surface area contributed by atoms with Crippen LogP contribution in [0.5, 0.6) is 5.75 Å². The van der Waals surface area contributed by atoms with Crippen molar-refractivity contribution in [3.8, 4) is 5.75 Å². The van der Waals surface area contributed by atoms with E-state index in [-0.39, 0.29) is 18.3 Å². The quantitative estimate of drug-likeness (QED) is 0.556. The number of rotatable bonds is 7. The van der Waals surface area contributed by atoms with Crippen LogP contribution < -0.4 is 10.5 Å². The van der Waals surface area contributed by atoms with Gasteiger partial charge in [0.2, 0.25) is 6.54 Å². The number of benzene rings is 2. The Kier molecular flexibility index (Phi) is 5.96. The van der Waals surface area contributed by atoms with Gasteiger partial charge in [-0.2, -0.15) is 8.78 Å². The number of hydrogen-bond donors (Lipinski definition) is 1. The molecule has 0 spiro atoms. The van der Waals surface area contributed by atoms with Crippen molar-refractivity contribution in [1.82, 2.24) is 4.90 Å². The molecule has 9 heteroatoms. The first kappa shape index (κ1) is 21.2. The van der Waals surface area contributed by atoms with Gasteiger partial charge in [-0.1, -0.05) is 18.2 Å². The van der Waals surface area contributed by atoms with Crippen LogP contribution in [0.15, 0.2) is 47.5 Å². The summed E-state index contributed by atoms with van der Waals surface area (Å²) >= 11 is 0. The highest BCUT2D eigenvalue weighted by molar-refractivity contribution is 6.08. The van der Waals surface area contributed by atoms with E-state index in [1.54, 1.807) is 0 Å². The Labute approximate surface area is 171 Å². The van der Waals surface area contributed by atoms with E-state index in [0.29, 0.717) is 29.5 Å². The number of hydrogen-bond acceptors (Lipinski definition) is 4. The summed E-state index contributed by atoms with van der Waals surface area (Å²) in [5.74, 6) is -0.998. The zero-order valence-corrected chi connectivity index (χ0v) is 16.1. The Hall–Kier alpha value is -3.54. The number of ether oxygens (including phenoxy) is 1. The molecule has 0 bridgehead atoms. The number of alkyl halides is 2. The highest BCUT2D eigenvalue weighted by Crippen LogP contribution is 2.40. The molecule has 2 N–H and O–H groups in total. The summed E-state index contributed by atoms with van der Waals surface area (Å²) in [6, 6.07) is 9.75. The molecule has 0 aromatic heterocycles. The van der Waals surface area contributed by atoms with Crippen molar-refractivity contribution in [3.05, 3.63) is 76.4 Å². The topological polar surface area (TPSA) is 72.3 Å². The third-order valence-electron chi connectivity index (χ3n) is 4.92. The van der Waals surface area contributed by atoms with Crippen molar-refractivity contribution < 1.29 is 22.7 Å². The maximum atomic E-state index is 14.3. The minimum atomic E-state index is -2.98. The number of nitrogens with zero attached hydrogens (tertiary/aromatic N) is 3. The molecular weight excluding hydrogens is 397 g/mol. The summed E-state index contributed by atoms with van der Waals surface area (Å²) in [5.41, 5.74) is 5.44. The Morgan fingerprint density at radius 3 is 2.47 bits per heavy atom. The predicted molar refractivity (Wildman–Crippen MR) is 104 cm³/mol. The lowest BCUT2D eigenvalue weighted by Crippen LogP contribution is -2.41. The second-order valence-corrected chi connectivity index (χ2v) is 6.74. The number of guanidine groups is 1. The minimum absolute atomic E-state index is 0.0215. The molecule has 3 rings (SSSR count). The lowest BCUT2D eigenvalue weighted by atomic mass is 9.82. The van der Waals surface area contributed by atoms with Gasteiger partial charge < -0.3 is 15.3 Å². The van der Waals surface area contributed by atoms with Gasteiger partial charge in [-0.25, -0.2) is 16.0 Å². The molecule has 0 aliphatic carbocycles. The molecule has 1 aliphatic rings. The average Bonchev–Trinajstić information content (AvgIpc) is 2.94. The molecule has 30 heavy (non-hydrogen) atoms. The zero-order valence-electron chi connectivity index (χ0n) is 16.1. The van der Waals surface area contributed by atoms with Gasteiger partial charge in [0, 0.05) is 13.5 Å². The van der Waals surface area contributed by atoms with Crippen molar-refractivity contribution >= 4 is 11.9 Å². The van der Waals surface area contributed by atoms with Crippen LogP contribution in [0.3, 0.4) is 0 Å². The van der Waals surface area contributed by atoms with E-state index in [0.717, 1.165) is 0 Å². The number of amides is 1. The molecule has 1 unspecified atom stereocenters. The smallest absolute Gasteiger partial charge is 0.387 e. The number of nitrogens with two attached hydrogens (primary N) is 1. The molecule has 0 radical (unpaired) electrons. The number of carbonyl (C=O) groups excluding carboxylic acids is 1. The fourth-order valence-electron chi connectivity index (χ4n) is 3.40. The Morgan fingerprint density at radius 2 is 1.90 bits per heavy atom. The summed E-state index contributed by atoms with van der Waals surface area (Å²) in [5, 5.41) is 0. The van der Waals surface area contributed by atoms with Gasteiger partial charge in [0.1, 0.15) is 11.6 Å². The third kappa shape index (κ3) is 3.81. The van der Waals surface area contributed by atoms with Crippen molar-refractivity contribution in [2.45, 2.75) is 25.0 Å². The average molecular weight is 416 g/mol. The van der Waals surface area contributed by atoms with E-state index >= 15 is 0 Å². The molecule has 1 amide bonds. The number of halogens is 3. The van der Waals surface area contributed by atoms with Crippen LogP contribution in [-0.2, 0) is 16.8 Å². The van der Waals surface area contributed by atoms with E-state index in [4.69, 9.17) is 12.3 Å². The molecule has 0 saturated carbocycles. The third-order valence-corrected chi connectivity index (χ3v) is 4.92. The summed E-state index contributed by atoms with van der Waals surface area (Å²) in [6.07, 6.45) is 0.790. The van der Waals surface area contributed by atoms with E-state index in [2.05, 4.69) is 14.6 Å². The van der Waals surface area contributed by atoms with Gasteiger partial charge in [-0.15, -0.1) is 0 Å². The molecule has 1 heterocycles. The number of aryl methyl sites for hydroxylation is 1. The molecule has 1 atom stereocenters. The van der Waals surface area contributed by atoms with E-state index in [1.165, 1.54) is 54.4 Å². The van der Waals surface area contributed by atoms with Gasteiger partial charge in [0.25, 0.3) is 5.91 Å². The van der Waals surface area contributed by atoms with Crippen molar-refractivity contribution in [2.75, 3.05) is 13.6 Å². The van der Waals surface area contributed by atoms with E-state index in [1.807, 2.05) is 0 Å². The lowest BCUT2D eigenvalue weighted by Gasteiger charge is -2.27. The van der Waals surface area contributed by atoms with Crippen LogP contribution >= 0.6 is 0 Å². The van der Waals surface area contributed by atoms with Gasteiger partial charge in [-0.05, 0) is 47.4 Å². The lowest BCUT2D eigenvalue weighted by molar-refractivity contribution is -0.129. The Morgan fingerprint density at radius 1 is 1.23 bits per heavy atom. The van der Waals surface area contributed by atoms with Gasteiger partial charge in [0.15, 0.2) is 11.5 Å². The van der Waals surface area contributed by atoms with E-state index < -0.39 is 23.9 Å². The maximum Gasteiger partial charge on any atom is 0.387 e. The van der Waals surface area contributed by atoms with Crippen molar-refractivity contribution in [1.29, 1.82) is 0 Å². The Bertz CT molecular complexity index is 1020. The molecule has 6 nitrogen and oxygen atoms in total. The van der Waals surface area contributed by atoms with Crippen molar-refractivity contribution in [2.24, 2.45) is 10.7 Å².